The van der Waals surface area contributed by atoms with Crippen LogP contribution in [0.2, 0.25) is 0 Å². The number of nitrogens with zero attached hydrogens (tertiary/aromatic N) is 1. The highest BCUT2D eigenvalue weighted by Crippen LogP contribution is 2.26. The molecule has 2 fully saturated rings. The zero-order chi connectivity index (χ0) is 15.3. The fraction of sp³-hybridized carbons (Fsp3) is 0.941. The summed E-state index contributed by atoms with van der Waals surface area (Å²) in [5, 5.41) is 3.48. The van der Waals surface area contributed by atoms with Gasteiger partial charge in [-0.3, -0.25) is 0 Å². The molecule has 0 bridgehead atoms. The first-order valence-electron chi connectivity index (χ1n) is 8.66. The minimum Gasteiger partial charge on any atom is -0.444 e. The molecule has 0 radical (unpaired) electrons. The molecular weight excluding hydrogens is 264 g/mol. The number of carbonyl (C=O) groups is 1. The summed E-state index contributed by atoms with van der Waals surface area (Å²) in [6, 6.07) is 0.385. The Morgan fingerprint density at radius 3 is 2.67 bits per heavy atom. The summed E-state index contributed by atoms with van der Waals surface area (Å²) >= 11 is 0. The molecule has 122 valence electrons. The molecule has 0 saturated carbocycles. The van der Waals surface area contributed by atoms with Crippen molar-refractivity contribution >= 4 is 6.09 Å². The molecule has 0 aromatic carbocycles. The van der Waals surface area contributed by atoms with Crippen molar-refractivity contribution < 1.29 is 9.53 Å². The van der Waals surface area contributed by atoms with E-state index in [1.165, 1.54) is 32.2 Å². The third-order valence-corrected chi connectivity index (χ3v) is 4.56. The number of carbonyl (C=O) groups excluding carboxylic acids is 1. The first-order chi connectivity index (χ1) is 9.96. The van der Waals surface area contributed by atoms with Crippen LogP contribution >= 0.6 is 0 Å². The lowest BCUT2D eigenvalue weighted by Gasteiger charge is -2.37. The fourth-order valence-electron chi connectivity index (χ4n) is 3.46. The van der Waals surface area contributed by atoms with Gasteiger partial charge in [-0.25, -0.2) is 4.79 Å². The Labute approximate surface area is 129 Å². The van der Waals surface area contributed by atoms with Gasteiger partial charge in [-0.05, 0) is 84.7 Å². The van der Waals surface area contributed by atoms with Crippen LogP contribution in [0.1, 0.15) is 65.7 Å². The Hall–Kier alpha value is -0.770. The van der Waals surface area contributed by atoms with Crippen molar-refractivity contribution in [2.24, 2.45) is 5.92 Å². The molecule has 4 heteroatoms. The average Bonchev–Trinajstić information content (AvgIpc) is 2.45. The molecule has 1 amide bonds. The van der Waals surface area contributed by atoms with E-state index in [9.17, 15) is 4.79 Å². The van der Waals surface area contributed by atoms with Gasteiger partial charge in [-0.1, -0.05) is 0 Å². The van der Waals surface area contributed by atoms with Gasteiger partial charge in [-0.2, -0.15) is 0 Å². The molecule has 0 aromatic heterocycles. The predicted molar refractivity (Wildman–Crippen MR) is 85.4 cm³/mol. The molecule has 2 unspecified atom stereocenters. The van der Waals surface area contributed by atoms with Crippen molar-refractivity contribution in [3.63, 3.8) is 0 Å². The van der Waals surface area contributed by atoms with Crippen molar-refractivity contribution in [2.45, 2.75) is 77.4 Å². The number of rotatable bonds is 3. The van der Waals surface area contributed by atoms with Crippen LogP contribution in [0.4, 0.5) is 4.79 Å². The number of ether oxygens (including phenoxy) is 1. The molecule has 0 spiro atoms. The number of hydrogen-bond acceptors (Lipinski definition) is 3. The molecule has 2 rings (SSSR count). The number of nitrogens with one attached hydrogen (secondary N) is 1. The van der Waals surface area contributed by atoms with E-state index in [4.69, 9.17) is 4.74 Å². The van der Waals surface area contributed by atoms with Crippen LogP contribution in [-0.2, 0) is 4.74 Å². The van der Waals surface area contributed by atoms with Gasteiger partial charge in [0.1, 0.15) is 5.60 Å². The van der Waals surface area contributed by atoms with Gasteiger partial charge in [0.05, 0.1) is 0 Å². The molecule has 0 aliphatic carbocycles. The number of hydrogen-bond donors (Lipinski definition) is 1. The summed E-state index contributed by atoms with van der Waals surface area (Å²) in [6.07, 6.45) is 8.38. The summed E-state index contributed by atoms with van der Waals surface area (Å²) in [5.74, 6) is 0.793. The minimum absolute atomic E-state index is 0.117. The molecule has 4 nitrogen and oxygen atoms in total. The van der Waals surface area contributed by atoms with Crippen molar-refractivity contribution in [1.82, 2.24) is 10.2 Å². The van der Waals surface area contributed by atoms with E-state index in [1.54, 1.807) is 0 Å². The normalized spacial score (nSPS) is 27.5. The van der Waals surface area contributed by atoms with E-state index in [2.05, 4.69) is 5.32 Å². The van der Waals surface area contributed by atoms with E-state index >= 15 is 0 Å². The summed E-state index contributed by atoms with van der Waals surface area (Å²) in [6.45, 7) is 9.01. The van der Waals surface area contributed by atoms with Crippen LogP contribution in [-0.4, -0.2) is 42.3 Å². The van der Waals surface area contributed by atoms with Crippen molar-refractivity contribution in [3.8, 4) is 0 Å². The van der Waals surface area contributed by atoms with Crippen LogP contribution in [0.5, 0.6) is 0 Å². The monoisotopic (exact) mass is 296 g/mol. The molecule has 2 atom stereocenters. The van der Waals surface area contributed by atoms with Crippen LogP contribution in [0.15, 0.2) is 0 Å². The third kappa shape index (κ3) is 5.50. The number of piperidine rings is 2. The lowest BCUT2D eigenvalue weighted by Crippen LogP contribution is -2.46. The Morgan fingerprint density at radius 1 is 1.19 bits per heavy atom. The predicted octanol–water partition coefficient (Wildman–Crippen LogP) is 3.56. The molecule has 2 aliphatic rings. The lowest BCUT2D eigenvalue weighted by atomic mass is 9.90. The van der Waals surface area contributed by atoms with Gasteiger partial charge in [-0.15, -0.1) is 0 Å². The topological polar surface area (TPSA) is 41.6 Å². The van der Waals surface area contributed by atoms with E-state index in [-0.39, 0.29) is 6.09 Å². The van der Waals surface area contributed by atoms with Crippen LogP contribution < -0.4 is 5.32 Å². The summed E-state index contributed by atoms with van der Waals surface area (Å²) in [4.78, 5) is 14.4. The zero-order valence-corrected chi connectivity index (χ0v) is 14.0. The van der Waals surface area contributed by atoms with Crippen LogP contribution in [0.25, 0.3) is 0 Å². The molecule has 1 N–H and O–H groups in total. The Kier molecular flexibility index (Phi) is 5.91. The van der Waals surface area contributed by atoms with Gasteiger partial charge in [0, 0.05) is 12.6 Å². The Bertz CT molecular complexity index is 332. The molecular formula is C17H32N2O2. The van der Waals surface area contributed by atoms with E-state index in [0.717, 1.165) is 38.3 Å². The average molecular weight is 296 g/mol. The van der Waals surface area contributed by atoms with Gasteiger partial charge in [0.25, 0.3) is 0 Å². The molecule has 2 saturated heterocycles. The maximum atomic E-state index is 12.4. The largest absolute Gasteiger partial charge is 0.444 e. The van der Waals surface area contributed by atoms with Gasteiger partial charge >= 0.3 is 6.09 Å². The zero-order valence-electron chi connectivity index (χ0n) is 14.0. The SMILES string of the molecule is CC(C)(C)OC(=O)N1CCCCC1CCC1CCCNC1. The van der Waals surface area contributed by atoms with Crippen LogP contribution in [0, 0.1) is 5.92 Å². The smallest absolute Gasteiger partial charge is 0.410 e. The number of amides is 1. The van der Waals surface area contributed by atoms with Gasteiger partial charge in [0.15, 0.2) is 0 Å². The van der Waals surface area contributed by atoms with E-state index in [0.29, 0.717) is 6.04 Å². The molecule has 2 aliphatic heterocycles. The van der Waals surface area contributed by atoms with Gasteiger partial charge in [0.2, 0.25) is 0 Å². The summed E-state index contributed by atoms with van der Waals surface area (Å²) in [7, 11) is 0. The molecule has 21 heavy (non-hydrogen) atoms. The van der Waals surface area contributed by atoms with Crippen molar-refractivity contribution in [3.05, 3.63) is 0 Å². The Morgan fingerprint density at radius 2 is 2.00 bits per heavy atom. The standard InChI is InChI=1S/C17H32N2O2/c1-17(2,3)21-16(20)19-12-5-4-8-15(19)10-9-14-7-6-11-18-13-14/h14-15,18H,4-13H2,1-3H3. The minimum atomic E-state index is -0.396. The van der Waals surface area contributed by atoms with Crippen molar-refractivity contribution in [1.29, 1.82) is 0 Å². The first-order valence-corrected chi connectivity index (χ1v) is 8.66. The van der Waals surface area contributed by atoms with E-state index in [1.807, 2.05) is 25.7 Å². The highest BCUT2D eigenvalue weighted by atomic mass is 16.6. The Balaban J connectivity index is 1.84. The second-order valence-corrected chi connectivity index (χ2v) is 7.61. The molecule has 0 aromatic rings. The summed E-state index contributed by atoms with van der Waals surface area (Å²) < 4.78 is 5.57. The quantitative estimate of drug-likeness (QED) is 0.866. The highest BCUT2D eigenvalue weighted by molar-refractivity contribution is 5.68. The van der Waals surface area contributed by atoms with Crippen molar-refractivity contribution in [2.75, 3.05) is 19.6 Å². The first kappa shape index (κ1) is 16.6. The fourth-order valence-corrected chi connectivity index (χ4v) is 3.46. The van der Waals surface area contributed by atoms with E-state index < -0.39 is 5.60 Å². The maximum absolute atomic E-state index is 12.4. The van der Waals surface area contributed by atoms with Gasteiger partial charge < -0.3 is 15.0 Å². The second kappa shape index (κ2) is 7.48. The highest BCUT2D eigenvalue weighted by Gasteiger charge is 2.30. The number of likely N-dealkylation sites (tertiary alicyclic amines) is 1. The molecule has 2 heterocycles. The third-order valence-electron chi connectivity index (χ3n) is 4.56. The summed E-state index contributed by atoms with van der Waals surface area (Å²) in [5.41, 5.74) is -0.396. The maximum Gasteiger partial charge on any atom is 0.410 e. The van der Waals surface area contributed by atoms with Crippen LogP contribution in [0.3, 0.4) is 0 Å². The second-order valence-electron chi connectivity index (χ2n) is 7.61. The lowest BCUT2D eigenvalue weighted by molar-refractivity contribution is 0.00802.